The van der Waals surface area contributed by atoms with E-state index in [1.54, 1.807) is 13.8 Å². The molecular formula is C19H19N3O4S. The van der Waals surface area contributed by atoms with Crippen molar-refractivity contribution < 1.29 is 14.7 Å². The van der Waals surface area contributed by atoms with Crippen molar-refractivity contribution in [1.82, 2.24) is 9.55 Å². The Morgan fingerprint density at radius 2 is 1.96 bits per heavy atom. The second-order valence-electron chi connectivity index (χ2n) is 6.45. The van der Waals surface area contributed by atoms with Gasteiger partial charge >= 0.3 is 5.97 Å². The number of carbonyl (C=O) groups is 2. The maximum Gasteiger partial charge on any atom is 0.337 e. The van der Waals surface area contributed by atoms with Gasteiger partial charge in [-0.3, -0.25) is 14.2 Å². The third-order valence-corrected chi connectivity index (χ3v) is 5.34. The lowest BCUT2D eigenvalue weighted by Crippen LogP contribution is -2.34. The van der Waals surface area contributed by atoms with E-state index in [4.69, 9.17) is 0 Å². The molecule has 8 heteroatoms. The Morgan fingerprint density at radius 3 is 2.63 bits per heavy atom. The van der Waals surface area contributed by atoms with Gasteiger partial charge in [-0.15, -0.1) is 11.3 Å². The third-order valence-electron chi connectivity index (χ3n) is 4.46. The van der Waals surface area contributed by atoms with Gasteiger partial charge in [-0.25, -0.2) is 9.78 Å². The maximum absolute atomic E-state index is 12.9. The summed E-state index contributed by atoms with van der Waals surface area (Å²) in [6.07, 6.45) is 0. The lowest BCUT2D eigenvalue weighted by molar-refractivity contribution is -0.118. The number of carboxylic acid groups (broad SMARTS) is 1. The molecule has 140 valence electrons. The maximum atomic E-state index is 12.9. The molecule has 1 atom stereocenters. The van der Waals surface area contributed by atoms with Gasteiger partial charge in [-0.1, -0.05) is 12.1 Å². The number of hydrogen-bond donors (Lipinski definition) is 2. The van der Waals surface area contributed by atoms with Gasteiger partial charge in [0.1, 0.15) is 16.7 Å². The lowest BCUT2D eigenvalue weighted by Gasteiger charge is -2.18. The molecule has 2 heterocycles. The van der Waals surface area contributed by atoms with Crippen LogP contribution < -0.4 is 10.9 Å². The van der Waals surface area contributed by atoms with Crippen LogP contribution in [-0.2, 0) is 4.79 Å². The van der Waals surface area contributed by atoms with Crippen LogP contribution in [0, 0.1) is 20.8 Å². The zero-order valence-corrected chi connectivity index (χ0v) is 16.2. The molecule has 0 radical (unpaired) electrons. The van der Waals surface area contributed by atoms with Crippen molar-refractivity contribution in [2.45, 2.75) is 33.7 Å². The van der Waals surface area contributed by atoms with Gasteiger partial charge in [0.05, 0.1) is 10.9 Å². The third kappa shape index (κ3) is 3.35. The number of amides is 1. The first-order valence-corrected chi connectivity index (χ1v) is 9.20. The Hall–Kier alpha value is -3.00. The van der Waals surface area contributed by atoms with E-state index in [9.17, 15) is 19.5 Å². The summed E-state index contributed by atoms with van der Waals surface area (Å²) in [6, 6.07) is 4.87. The fraction of sp³-hybridized carbons (Fsp3) is 0.263. The highest BCUT2D eigenvalue weighted by atomic mass is 32.1. The fourth-order valence-corrected chi connectivity index (χ4v) is 3.89. The first-order valence-electron chi connectivity index (χ1n) is 8.32. The molecule has 1 unspecified atom stereocenters. The van der Waals surface area contributed by atoms with E-state index in [1.807, 2.05) is 32.0 Å². The molecular weight excluding hydrogens is 366 g/mol. The van der Waals surface area contributed by atoms with E-state index in [-0.39, 0.29) is 16.9 Å². The number of nitrogens with one attached hydrogen (secondary N) is 1. The summed E-state index contributed by atoms with van der Waals surface area (Å²) in [7, 11) is 0. The highest BCUT2D eigenvalue weighted by Crippen LogP contribution is 2.23. The number of carboxylic acids is 1. The second-order valence-corrected chi connectivity index (χ2v) is 7.31. The first-order chi connectivity index (χ1) is 12.7. The average Bonchev–Trinajstić information content (AvgIpc) is 3.02. The van der Waals surface area contributed by atoms with Crippen molar-refractivity contribution in [2.24, 2.45) is 0 Å². The van der Waals surface area contributed by atoms with E-state index >= 15 is 0 Å². The predicted molar refractivity (Wildman–Crippen MR) is 105 cm³/mol. The number of fused-ring (bicyclic) bond motifs is 1. The number of aromatic nitrogens is 2. The molecule has 3 aromatic rings. The van der Waals surface area contributed by atoms with Crippen molar-refractivity contribution in [2.75, 3.05) is 5.32 Å². The van der Waals surface area contributed by atoms with E-state index in [2.05, 4.69) is 10.3 Å². The number of aryl methyl sites for hydroxylation is 3. The van der Waals surface area contributed by atoms with Gasteiger partial charge in [-0.2, -0.15) is 0 Å². The molecule has 1 aromatic carbocycles. The lowest BCUT2D eigenvalue weighted by atomic mass is 10.1. The van der Waals surface area contributed by atoms with Crippen LogP contribution >= 0.6 is 11.3 Å². The molecule has 0 saturated heterocycles. The number of thiophene rings is 1. The fourth-order valence-electron chi connectivity index (χ4n) is 2.94. The molecule has 0 spiro atoms. The molecule has 0 aliphatic rings. The molecule has 1 amide bonds. The van der Waals surface area contributed by atoms with Crippen molar-refractivity contribution in [3.8, 4) is 0 Å². The number of carbonyl (C=O) groups excluding carboxylic acids is 1. The molecule has 0 bridgehead atoms. The number of hydrogen-bond acceptors (Lipinski definition) is 5. The molecule has 0 saturated carbocycles. The Morgan fingerprint density at radius 1 is 1.26 bits per heavy atom. The van der Waals surface area contributed by atoms with Crippen LogP contribution in [0.3, 0.4) is 0 Å². The zero-order valence-electron chi connectivity index (χ0n) is 15.4. The average molecular weight is 385 g/mol. The molecule has 0 aliphatic heterocycles. The summed E-state index contributed by atoms with van der Waals surface area (Å²) in [5.41, 5.74) is 1.96. The van der Waals surface area contributed by atoms with Crippen LogP contribution in [0.5, 0.6) is 0 Å². The molecule has 3 rings (SSSR count). The Labute approximate surface area is 159 Å². The molecule has 2 aromatic heterocycles. The summed E-state index contributed by atoms with van der Waals surface area (Å²) in [4.78, 5) is 41.8. The van der Waals surface area contributed by atoms with E-state index in [0.29, 0.717) is 16.3 Å². The molecule has 0 aliphatic carbocycles. The second kappa shape index (κ2) is 6.96. The number of rotatable bonds is 4. The van der Waals surface area contributed by atoms with E-state index in [0.717, 1.165) is 22.5 Å². The molecule has 7 nitrogen and oxygen atoms in total. The van der Waals surface area contributed by atoms with Crippen LogP contribution in [0.15, 0.2) is 28.4 Å². The van der Waals surface area contributed by atoms with Gasteiger partial charge in [0.15, 0.2) is 0 Å². The van der Waals surface area contributed by atoms with Crippen molar-refractivity contribution >= 4 is 39.1 Å². The van der Waals surface area contributed by atoms with Gasteiger partial charge in [0.2, 0.25) is 5.91 Å². The van der Waals surface area contributed by atoms with Crippen LogP contribution in [0.2, 0.25) is 0 Å². The van der Waals surface area contributed by atoms with Crippen molar-refractivity contribution in [3.05, 3.63) is 56.4 Å². The highest BCUT2D eigenvalue weighted by Gasteiger charge is 2.24. The number of benzene rings is 1. The topological polar surface area (TPSA) is 101 Å². The van der Waals surface area contributed by atoms with Crippen LogP contribution in [0.25, 0.3) is 10.2 Å². The first kappa shape index (κ1) is 18.8. The number of aromatic carboxylic acids is 1. The van der Waals surface area contributed by atoms with Gasteiger partial charge in [0.25, 0.3) is 5.56 Å². The summed E-state index contributed by atoms with van der Waals surface area (Å²) in [5, 5.41) is 13.6. The summed E-state index contributed by atoms with van der Waals surface area (Å²) in [6.45, 7) is 7.03. The zero-order chi connectivity index (χ0) is 19.9. The van der Waals surface area contributed by atoms with Crippen molar-refractivity contribution in [1.29, 1.82) is 0 Å². The SMILES string of the molecule is Cc1ccc(C)c(NC(=O)C(C)n2c(C)nc3scc(C(=O)O)c3c2=O)c1. The summed E-state index contributed by atoms with van der Waals surface area (Å²) in [5.74, 6) is -1.21. The van der Waals surface area contributed by atoms with E-state index < -0.39 is 17.6 Å². The van der Waals surface area contributed by atoms with Gasteiger partial charge < -0.3 is 10.4 Å². The monoisotopic (exact) mass is 385 g/mol. The summed E-state index contributed by atoms with van der Waals surface area (Å²) < 4.78 is 1.24. The van der Waals surface area contributed by atoms with Crippen LogP contribution in [0.1, 0.15) is 40.3 Å². The minimum atomic E-state index is -1.19. The normalized spacial score (nSPS) is 12.1. The minimum absolute atomic E-state index is 0.0319. The van der Waals surface area contributed by atoms with Gasteiger partial charge in [-0.05, 0) is 44.9 Å². The predicted octanol–water partition coefficient (Wildman–Crippen LogP) is 3.28. The van der Waals surface area contributed by atoms with E-state index in [1.165, 1.54) is 9.95 Å². The Kier molecular flexibility index (Phi) is 4.84. The Bertz CT molecular complexity index is 1130. The molecule has 2 N–H and O–H groups in total. The minimum Gasteiger partial charge on any atom is -0.478 e. The quantitative estimate of drug-likeness (QED) is 0.718. The number of anilines is 1. The smallest absolute Gasteiger partial charge is 0.337 e. The highest BCUT2D eigenvalue weighted by molar-refractivity contribution is 7.17. The largest absolute Gasteiger partial charge is 0.478 e. The Balaban J connectivity index is 2.04. The van der Waals surface area contributed by atoms with Crippen LogP contribution in [0.4, 0.5) is 5.69 Å². The standard InChI is InChI=1S/C19H19N3O4S/c1-9-5-6-10(2)14(7-9)21-16(23)11(3)22-12(4)20-17-15(18(22)24)13(8-27-17)19(25)26/h5-8,11H,1-4H3,(H,21,23)(H,25,26). The van der Waals surface area contributed by atoms with Gasteiger partial charge in [0, 0.05) is 11.1 Å². The number of nitrogens with zero attached hydrogens (tertiary/aromatic N) is 2. The van der Waals surface area contributed by atoms with Crippen molar-refractivity contribution in [3.63, 3.8) is 0 Å². The van der Waals surface area contributed by atoms with Crippen LogP contribution in [-0.4, -0.2) is 26.5 Å². The summed E-state index contributed by atoms with van der Waals surface area (Å²) >= 11 is 1.10. The molecule has 0 fully saturated rings. The molecule has 27 heavy (non-hydrogen) atoms.